The van der Waals surface area contributed by atoms with Crippen molar-refractivity contribution in [3.63, 3.8) is 0 Å². The predicted molar refractivity (Wildman–Crippen MR) is 75.6 cm³/mol. The number of nitrogens with one attached hydrogen (secondary N) is 1. The molecular formula is C14H12ClFN2O. The molecule has 98 valence electrons. The lowest BCUT2D eigenvalue weighted by Gasteiger charge is -2.02. The summed E-state index contributed by atoms with van der Waals surface area (Å²) >= 11 is 5.84. The van der Waals surface area contributed by atoms with Gasteiger partial charge in [0.2, 0.25) is 0 Å². The maximum atomic E-state index is 13.4. The van der Waals surface area contributed by atoms with Gasteiger partial charge in [0.1, 0.15) is 0 Å². The quantitative estimate of drug-likeness (QED) is 0.679. The molecule has 19 heavy (non-hydrogen) atoms. The minimum absolute atomic E-state index is 0.208. The summed E-state index contributed by atoms with van der Waals surface area (Å²) in [6, 6.07) is 11.8. The fourth-order valence-corrected chi connectivity index (χ4v) is 1.69. The van der Waals surface area contributed by atoms with Crippen LogP contribution in [0.15, 0.2) is 47.6 Å². The molecule has 0 heterocycles. The van der Waals surface area contributed by atoms with Crippen LogP contribution in [0, 0.1) is 5.82 Å². The van der Waals surface area contributed by atoms with E-state index in [-0.39, 0.29) is 5.75 Å². The van der Waals surface area contributed by atoms with Gasteiger partial charge in [0.15, 0.2) is 11.6 Å². The number of ether oxygens (including phenoxy) is 1. The minimum Gasteiger partial charge on any atom is -0.494 e. The molecule has 0 fully saturated rings. The van der Waals surface area contributed by atoms with E-state index in [9.17, 15) is 4.39 Å². The van der Waals surface area contributed by atoms with E-state index in [4.69, 9.17) is 16.3 Å². The molecule has 1 N–H and O–H groups in total. The van der Waals surface area contributed by atoms with E-state index in [2.05, 4.69) is 10.5 Å². The summed E-state index contributed by atoms with van der Waals surface area (Å²) in [6.45, 7) is 0. The van der Waals surface area contributed by atoms with Gasteiger partial charge in [-0.05, 0) is 42.0 Å². The van der Waals surface area contributed by atoms with Crippen molar-refractivity contribution >= 4 is 23.5 Å². The molecule has 0 aliphatic carbocycles. The van der Waals surface area contributed by atoms with E-state index in [0.717, 1.165) is 5.69 Å². The number of rotatable bonds is 4. The van der Waals surface area contributed by atoms with Gasteiger partial charge in [-0.15, -0.1) is 0 Å². The van der Waals surface area contributed by atoms with Crippen LogP contribution in [0.5, 0.6) is 5.75 Å². The maximum Gasteiger partial charge on any atom is 0.165 e. The number of hydrazone groups is 1. The largest absolute Gasteiger partial charge is 0.494 e. The molecule has 0 aliphatic rings. The third kappa shape index (κ3) is 3.69. The zero-order chi connectivity index (χ0) is 13.7. The topological polar surface area (TPSA) is 33.6 Å². The lowest BCUT2D eigenvalue weighted by atomic mass is 10.2. The Morgan fingerprint density at radius 3 is 2.79 bits per heavy atom. The number of halogens is 2. The van der Waals surface area contributed by atoms with Crippen LogP contribution in [0.4, 0.5) is 10.1 Å². The van der Waals surface area contributed by atoms with Crippen LogP contribution in [0.2, 0.25) is 5.02 Å². The number of methoxy groups -OCH3 is 1. The van der Waals surface area contributed by atoms with E-state index in [0.29, 0.717) is 10.6 Å². The summed E-state index contributed by atoms with van der Waals surface area (Å²) in [5.41, 5.74) is 4.21. The van der Waals surface area contributed by atoms with Gasteiger partial charge >= 0.3 is 0 Å². The highest BCUT2D eigenvalue weighted by Crippen LogP contribution is 2.17. The number of hydrogen-bond acceptors (Lipinski definition) is 3. The van der Waals surface area contributed by atoms with Crippen LogP contribution in [0.3, 0.4) is 0 Å². The van der Waals surface area contributed by atoms with Gasteiger partial charge in [-0.3, -0.25) is 5.43 Å². The molecule has 0 saturated carbocycles. The van der Waals surface area contributed by atoms with Crippen molar-refractivity contribution in [2.45, 2.75) is 0 Å². The van der Waals surface area contributed by atoms with Crippen LogP contribution >= 0.6 is 11.6 Å². The Hall–Kier alpha value is -2.07. The van der Waals surface area contributed by atoms with Crippen molar-refractivity contribution in [3.8, 4) is 5.75 Å². The van der Waals surface area contributed by atoms with Gasteiger partial charge in [-0.1, -0.05) is 17.7 Å². The first kappa shape index (κ1) is 13.4. The Labute approximate surface area is 115 Å². The number of benzene rings is 2. The van der Waals surface area contributed by atoms with Crippen LogP contribution in [0.1, 0.15) is 5.56 Å². The predicted octanol–water partition coefficient (Wildman–Crippen LogP) is 3.93. The third-order valence-electron chi connectivity index (χ3n) is 2.41. The second-order valence-electron chi connectivity index (χ2n) is 3.77. The first-order valence-corrected chi connectivity index (χ1v) is 5.95. The second-order valence-corrected chi connectivity index (χ2v) is 4.21. The van der Waals surface area contributed by atoms with Crippen LogP contribution in [-0.2, 0) is 0 Å². The molecule has 0 spiro atoms. The molecule has 0 amide bonds. The summed E-state index contributed by atoms with van der Waals surface area (Å²) < 4.78 is 18.3. The van der Waals surface area contributed by atoms with E-state index in [1.165, 1.54) is 19.4 Å². The summed E-state index contributed by atoms with van der Waals surface area (Å²) in [6.07, 6.45) is 1.52. The molecule has 0 radical (unpaired) electrons. The standard InChI is InChI=1S/C14H12ClFN2O/c1-19-14-6-5-10(7-13(14)16)9-17-18-12-4-2-3-11(15)8-12/h2-9,18H,1H3/b17-9-. The van der Waals surface area contributed by atoms with Gasteiger partial charge in [0.05, 0.1) is 19.0 Å². The fraction of sp³-hybridized carbons (Fsp3) is 0.0714. The van der Waals surface area contributed by atoms with Crippen molar-refractivity contribution in [1.82, 2.24) is 0 Å². The molecular weight excluding hydrogens is 267 g/mol. The lowest BCUT2D eigenvalue weighted by molar-refractivity contribution is 0.386. The highest BCUT2D eigenvalue weighted by atomic mass is 35.5. The Balaban J connectivity index is 2.05. The number of hydrogen-bond donors (Lipinski definition) is 1. The van der Waals surface area contributed by atoms with E-state index in [1.54, 1.807) is 24.3 Å². The highest BCUT2D eigenvalue weighted by Gasteiger charge is 2.01. The molecule has 2 aromatic rings. The first-order valence-electron chi connectivity index (χ1n) is 5.57. The van der Waals surface area contributed by atoms with E-state index >= 15 is 0 Å². The SMILES string of the molecule is COc1ccc(/C=N\Nc2cccc(Cl)c2)cc1F. The van der Waals surface area contributed by atoms with Crippen molar-refractivity contribution in [1.29, 1.82) is 0 Å². The van der Waals surface area contributed by atoms with Gasteiger partial charge in [0, 0.05) is 5.02 Å². The van der Waals surface area contributed by atoms with Gasteiger partial charge < -0.3 is 4.74 Å². The molecule has 5 heteroatoms. The maximum absolute atomic E-state index is 13.4. The van der Waals surface area contributed by atoms with Crippen LogP contribution in [0.25, 0.3) is 0 Å². The minimum atomic E-state index is -0.422. The molecule has 0 aliphatic heterocycles. The fourth-order valence-electron chi connectivity index (χ4n) is 1.50. The van der Waals surface area contributed by atoms with Crippen molar-refractivity contribution < 1.29 is 9.13 Å². The first-order chi connectivity index (χ1) is 9.19. The highest BCUT2D eigenvalue weighted by molar-refractivity contribution is 6.30. The average molecular weight is 279 g/mol. The van der Waals surface area contributed by atoms with Crippen molar-refractivity contribution in [2.24, 2.45) is 5.10 Å². The summed E-state index contributed by atoms with van der Waals surface area (Å²) in [5.74, 6) is -0.214. The zero-order valence-corrected chi connectivity index (χ0v) is 11.0. The normalized spacial score (nSPS) is 10.7. The van der Waals surface area contributed by atoms with Gasteiger partial charge in [-0.2, -0.15) is 5.10 Å². The summed E-state index contributed by atoms with van der Waals surface area (Å²) in [4.78, 5) is 0. The number of anilines is 1. The Morgan fingerprint density at radius 1 is 1.26 bits per heavy atom. The Kier molecular flexibility index (Phi) is 4.36. The average Bonchev–Trinajstić information content (AvgIpc) is 2.39. The smallest absolute Gasteiger partial charge is 0.165 e. The van der Waals surface area contributed by atoms with Gasteiger partial charge in [0.25, 0.3) is 0 Å². The van der Waals surface area contributed by atoms with Gasteiger partial charge in [-0.25, -0.2) is 4.39 Å². The molecule has 2 rings (SSSR count). The van der Waals surface area contributed by atoms with Crippen LogP contribution < -0.4 is 10.2 Å². The molecule has 0 saturated heterocycles. The molecule has 3 nitrogen and oxygen atoms in total. The molecule has 2 aromatic carbocycles. The zero-order valence-electron chi connectivity index (χ0n) is 10.2. The van der Waals surface area contributed by atoms with Crippen LogP contribution in [-0.4, -0.2) is 13.3 Å². The monoisotopic (exact) mass is 278 g/mol. The molecule has 0 bridgehead atoms. The number of nitrogens with zero attached hydrogens (tertiary/aromatic N) is 1. The van der Waals surface area contributed by atoms with Crippen molar-refractivity contribution in [3.05, 3.63) is 58.9 Å². The Morgan fingerprint density at radius 2 is 2.11 bits per heavy atom. The molecule has 0 aromatic heterocycles. The van der Waals surface area contributed by atoms with Crippen molar-refractivity contribution in [2.75, 3.05) is 12.5 Å². The third-order valence-corrected chi connectivity index (χ3v) is 2.64. The Bertz CT molecular complexity index is 602. The summed E-state index contributed by atoms with van der Waals surface area (Å²) in [7, 11) is 1.42. The van der Waals surface area contributed by atoms with E-state index < -0.39 is 5.82 Å². The molecule has 0 unspecified atom stereocenters. The van der Waals surface area contributed by atoms with E-state index in [1.807, 2.05) is 12.1 Å². The lowest BCUT2D eigenvalue weighted by Crippen LogP contribution is -1.93. The second kappa shape index (κ2) is 6.20. The molecule has 0 atom stereocenters. The summed E-state index contributed by atoms with van der Waals surface area (Å²) in [5, 5.41) is 4.63.